The molecule has 3 aromatic carbocycles. The van der Waals surface area contributed by atoms with Gasteiger partial charge in [0.05, 0.1) is 28.7 Å². The molecular formula is C27H26N4O3S. The lowest BCUT2D eigenvalue weighted by molar-refractivity contribution is 0.0956. The number of aryl methyl sites for hydroxylation is 2. The van der Waals surface area contributed by atoms with E-state index in [0.29, 0.717) is 28.2 Å². The summed E-state index contributed by atoms with van der Waals surface area (Å²) in [5.74, 6) is -0.362. The van der Waals surface area contributed by atoms with E-state index in [-0.39, 0.29) is 5.91 Å². The molecule has 1 amide bonds. The quantitative estimate of drug-likeness (QED) is 0.294. The first-order chi connectivity index (χ1) is 16.6. The minimum atomic E-state index is -3.40. The second-order valence-electron chi connectivity index (χ2n) is 8.48. The number of aromatic nitrogens is 1. The van der Waals surface area contributed by atoms with Gasteiger partial charge in [0.25, 0.3) is 5.91 Å². The molecule has 0 aliphatic heterocycles. The standard InChI is InChI=1S/C27H26N4O3S/c1-17-12-13-22(18(2)14-17)26-16-24(23-10-5-6-11-25(23)28-26)27(32)30-29-19(3)20-8-7-9-21(15-20)31-35(4,33)34/h5-16,31H,1-4H3,(H,30,32)/b29-19+. The molecule has 0 spiro atoms. The Balaban J connectivity index is 1.67. The van der Waals surface area contributed by atoms with Crippen molar-refractivity contribution in [3.8, 4) is 11.3 Å². The monoisotopic (exact) mass is 486 g/mol. The summed E-state index contributed by atoms with van der Waals surface area (Å²) in [5, 5.41) is 4.99. The molecule has 0 unspecified atom stereocenters. The molecule has 0 atom stereocenters. The van der Waals surface area contributed by atoms with Gasteiger partial charge in [0.15, 0.2) is 0 Å². The van der Waals surface area contributed by atoms with Gasteiger partial charge in [0.2, 0.25) is 10.0 Å². The van der Waals surface area contributed by atoms with E-state index in [1.54, 1.807) is 37.3 Å². The molecule has 0 fully saturated rings. The zero-order valence-electron chi connectivity index (χ0n) is 20.0. The van der Waals surface area contributed by atoms with Crippen LogP contribution >= 0.6 is 0 Å². The van der Waals surface area contributed by atoms with Gasteiger partial charge in [-0.3, -0.25) is 9.52 Å². The number of hydrazone groups is 1. The van der Waals surface area contributed by atoms with E-state index < -0.39 is 10.0 Å². The summed E-state index contributed by atoms with van der Waals surface area (Å²) in [6.45, 7) is 5.81. The summed E-state index contributed by atoms with van der Waals surface area (Å²) < 4.78 is 25.5. The lowest BCUT2D eigenvalue weighted by atomic mass is 9.99. The van der Waals surface area contributed by atoms with Crippen LogP contribution in [0.1, 0.15) is 34.0 Å². The molecule has 0 saturated carbocycles. The highest BCUT2D eigenvalue weighted by molar-refractivity contribution is 7.92. The number of carbonyl (C=O) groups is 1. The fourth-order valence-corrected chi connectivity index (χ4v) is 4.44. The van der Waals surface area contributed by atoms with Crippen LogP contribution in [-0.4, -0.2) is 31.3 Å². The largest absolute Gasteiger partial charge is 0.284 e. The Hall–Kier alpha value is -4.04. The molecule has 0 saturated heterocycles. The smallest absolute Gasteiger partial charge is 0.272 e. The van der Waals surface area contributed by atoms with E-state index >= 15 is 0 Å². The number of nitrogens with one attached hydrogen (secondary N) is 2. The first-order valence-corrected chi connectivity index (χ1v) is 12.9. The molecule has 2 N–H and O–H groups in total. The minimum absolute atomic E-state index is 0.362. The maximum atomic E-state index is 13.2. The van der Waals surface area contributed by atoms with E-state index in [0.717, 1.165) is 33.8 Å². The predicted octanol–water partition coefficient (Wildman–Crippen LogP) is 5.04. The molecule has 1 heterocycles. The highest BCUT2D eigenvalue weighted by Crippen LogP contribution is 2.27. The number of benzene rings is 3. The van der Waals surface area contributed by atoms with E-state index in [1.165, 1.54) is 0 Å². The van der Waals surface area contributed by atoms with Gasteiger partial charge >= 0.3 is 0 Å². The Kier molecular flexibility index (Phi) is 6.66. The number of hydrogen-bond donors (Lipinski definition) is 2. The van der Waals surface area contributed by atoms with Gasteiger partial charge < -0.3 is 0 Å². The third kappa shape index (κ3) is 5.73. The summed E-state index contributed by atoms with van der Waals surface area (Å²) in [4.78, 5) is 18.0. The van der Waals surface area contributed by atoms with Crippen molar-refractivity contribution in [1.29, 1.82) is 0 Å². The van der Waals surface area contributed by atoms with Gasteiger partial charge in [0.1, 0.15) is 0 Å². The number of fused-ring (bicyclic) bond motifs is 1. The summed E-state index contributed by atoms with van der Waals surface area (Å²) >= 11 is 0. The Morgan fingerprint density at radius 3 is 2.46 bits per heavy atom. The third-order valence-corrected chi connectivity index (χ3v) is 6.13. The fourth-order valence-electron chi connectivity index (χ4n) is 3.88. The molecule has 4 aromatic rings. The van der Waals surface area contributed by atoms with Crippen molar-refractivity contribution in [2.75, 3.05) is 11.0 Å². The second kappa shape index (κ2) is 9.68. The van der Waals surface area contributed by atoms with Gasteiger partial charge in [-0.05, 0) is 56.2 Å². The zero-order valence-corrected chi connectivity index (χ0v) is 20.8. The molecule has 0 radical (unpaired) electrons. The molecule has 4 rings (SSSR count). The first kappa shape index (κ1) is 24.1. The van der Waals surface area contributed by atoms with Crippen LogP contribution in [-0.2, 0) is 10.0 Å². The van der Waals surface area contributed by atoms with Gasteiger partial charge in [-0.15, -0.1) is 0 Å². The molecule has 0 aliphatic carbocycles. The maximum absolute atomic E-state index is 13.2. The van der Waals surface area contributed by atoms with E-state index in [1.807, 2.05) is 50.2 Å². The van der Waals surface area contributed by atoms with Gasteiger partial charge in [-0.1, -0.05) is 54.1 Å². The van der Waals surface area contributed by atoms with Crippen molar-refractivity contribution in [2.24, 2.45) is 5.10 Å². The highest BCUT2D eigenvalue weighted by atomic mass is 32.2. The summed E-state index contributed by atoms with van der Waals surface area (Å²) in [6.07, 6.45) is 1.09. The highest BCUT2D eigenvalue weighted by Gasteiger charge is 2.15. The van der Waals surface area contributed by atoms with Crippen molar-refractivity contribution >= 4 is 38.2 Å². The van der Waals surface area contributed by atoms with Crippen LogP contribution in [0.4, 0.5) is 5.69 Å². The number of amides is 1. The van der Waals surface area contributed by atoms with Gasteiger partial charge in [-0.25, -0.2) is 18.8 Å². The average Bonchev–Trinajstić information content (AvgIpc) is 2.80. The molecular weight excluding hydrogens is 460 g/mol. The zero-order chi connectivity index (χ0) is 25.2. The number of carbonyl (C=O) groups excluding carboxylic acids is 1. The summed E-state index contributed by atoms with van der Waals surface area (Å²) in [6, 6.07) is 22.2. The fraction of sp³-hybridized carbons (Fsp3) is 0.148. The van der Waals surface area contributed by atoms with Crippen molar-refractivity contribution in [3.05, 3.63) is 95.1 Å². The third-order valence-electron chi connectivity index (χ3n) is 5.53. The molecule has 0 bridgehead atoms. The van der Waals surface area contributed by atoms with E-state index in [4.69, 9.17) is 4.98 Å². The van der Waals surface area contributed by atoms with Crippen molar-refractivity contribution in [2.45, 2.75) is 20.8 Å². The van der Waals surface area contributed by atoms with Crippen LogP contribution in [0.25, 0.3) is 22.2 Å². The van der Waals surface area contributed by atoms with Gasteiger partial charge in [-0.2, -0.15) is 5.10 Å². The number of hydrogen-bond acceptors (Lipinski definition) is 5. The maximum Gasteiger partial charge on any atom is 0.272 e. The second-order valence-corrected chi connectivity index (χ2v) is 10.2. The number of rotatable bonds is 6. The van der Waals surface area contributed by atoms with Crippen LogP contribution in [0.5, 0.6) is 0 Å². The van der Waals surface area contributed by atoms with Crippen LogP contribution in [0.2, 0.25) is 0 Å². The predicted molar refractivity (Wildman–Crippen MR) is 141 cm³/mol. The normalized spacial score (nSPS) is 11.9. The van der Waals surface area contributed by atoms with Crippen LogP contribution < -0.4 is 10.1 Å². The molecule has 0 aliphatic rings. The average molecular weight is 487 g/mol. The first-order valence-electron chi connectivity index (χ1n) is 11.0. The van der Waals surface area contributed by atoms with Crippen molar-refractivity contribution in [3.63, 3.8) is 0 Å². The number of anilines is 1. The van der Waals surface area contributed by atoms with Gasteiger partial charge in [0, 0.05) is 16.6 Å². The van der Waals surface area contributed by atoms with Crippen molar-refractivity contribution in [1.82, 2.24) is 10.4 Å². The van der Waals surface area contributed by atoms with Crippen LogP contribution in [0, 0.1) is 13.8 Å². The van der Waals surface area contributed by atoms with E-state index in [9.17, 15) is 13.2 Å². The number of sulfonamides is 1. The molecule has 178 valence electrons. The number of pyridine rings is 1. The number of para-hydroxylation sites is 1. The Morgan fingerprint density at radius 1 is 0.943 bits per heavy atom. The van der Waals surface area contributed by atoms with E-state index in [2.05, 4.69) is 21.3 Å². The molecule has 35 heavy (non-hydrogen) atoms. The van der Waals surface area contributed by atoms with Crippen LogP contribution in [0.3, 0.4) is 0 Å². The Bertz CT molecular complexity index is 1580. The molecule has 8 heteroatoms. The molecule has 1 aromatic heterocycles. The molecule has 7 nitrogen and oxygen atoms in total. The number of nitrogens with zero attached hydrogens (tertiary/aromatic N) is 2. The lowest BCUT2D eigenvalue weighted by Crippen LogP contribution is -2.20. The summed E-state index contributed by atoms with van der Waals surface area (Å²) in [7, 11) is -3.40. The minimum Gasteiger partial charge on any atom is -0.284 e. The lowest BCUT2D eigenvalue weighted by Gasteiger charge is -2.12. The Labute approximate surface area is 205 Å². The van der Waals surface area contributed by atoms with Crippen LogP contribution in [0.15, 0.2) is 77.9 Å². The summed E-state index contributed by atoms with van der Waals surface area (Å²) in [5.41, 5.74) is 9.37. The Morgan fingerprint density at radius 2 is 1.71 bits per heavy atom. The van der Waals surface area contributed by atoms with Crippen molar-refractivity contribution < 1.29 is 13.2 Å². The SMILES string of the molecule is C/C(=N\NC(=O)c1cc(-c2ccc(C)cc2C)nc2ccccc12)c1cccc(NS(C)(=O)=O)c1. The topological polar surface area (TPSA) is 101 Å².